The van der Waals surface area contributed by atoms with Crippen molar-refractivity contribution in [1.82, 2.24) is 19.5 Å². The van der Waals surface area contributed by atoms with Crippen LogP contribution in [0.15, 0.2) is 41.0 Å². The predicted molar refractivity (Wildman–Crippen MR) is 111 cm³/mol. The van der Waals surface area contributed by atoms with Crippen molar-refractivity contribution >= 4 is 39.0 Å². The molecule has 4 rings (SSSR count). The summed E-state index contributed by atoms with van der Waals surface area (Å²) in [6.07, 6.45) is 2.81. The highest BCUT2D eigenvalue weighted by molar-refractivity contribution is 9.10. The van der Waals surface area contributed by atoms with Gasteiger partial charge >= 0.3 is 0 Å². The molecule has 0 saturated carbocycles. The second-order valence-electron chi connectivity index (χ2n) is 6.47. The molecule has 1 saturated heterocycles. The summed E-state index contributed by atoms with van der Waals surface area (Å²) in [4.78, 5) is 7.17. The molecule has 6 nitrogen and oxygen atoms in total. The molecular formula is C19H21BrClN5O. The molecule has 8 heteroatoms. The smallest absolute Gasteiger partial charge is 0.172 e. The molecule has 1 aromatic carbocycles. The lowest BCUT2D eigenvalue weighted by Crippen LogP contribution is -2.37. The summed E-state index contributed by atoms with van der Waals surface area (Å²) in [6.45, 7) is 5.62. The summed E-state index contributed by atoms with van der Waals surface area (Å²) >= 11 is 9.91. The van der Waals surface area contributed by atoms with Crippen LogP contribution in [0.4, 0.5) is 5.82 Å². The Balaban J connectivity index is 1.53. The van der Waals surface area contributed by atoms with E-state index in [1.54, 1.807) is 6.20 Å². The fourth-order valence-corrected chi connectivity index (χ4v) is 3.79. The number of benzene rings is 1. The van der Waals surface area contributed by atoms with Crippen molar-refractivity contribution in [2.75, 3.05) is 44.7 Å². The first-order valence-electron chi connectivity index (χ1n) is 9.05. The Labute approximate surface area is 171 Å². The maximum atomic E-state index is 6.38. The molecule has 27 heavy (non-hydrogen) atoms. The number of nitrogens with zero attached hydrogens (tertiary/aromatic N) is 4. The fourth-order valence-electron chi connectivity index (χ4n) is 3.21. The lowest BCUT2D eigenvalue weighted by atomic mass is 10.1. The summed E-state index contributed by atoms with van der Waals surface area (Å²) in [5.41, 5.74) is 2.50. The molecular weight excluding hydrogens is 430 g/mol. The third-order valence-electron chi connectivity index (χ3n) is 4.64. The number of rotatable bonds is 6. The highest BCUT2D eigenvalue weighted by Crippen LogP contribution is 2.30. The first-order valence-corrected chi connectivity index (χ1v) is 10.2. The van der Waals surface area contributed by atoms with Crippen molar-refractivity contribution in [2.45, 2.75) is 6.42 Å². The van der Waals surface area contributed by atoms with Gasteiger partial charge in [-0.15, -0.1) is 0 Å². The number of halogens is 2. The summed E-state index contributed by atoms with van der Waals surface area (Å²) in [6, 6.07) is 9.75. The number of fused-ring (bicyclic) bond motifs is 1. The van der Waals surface area contributed by atoms with Crippen LogP contribution >= 0.6 is 27.5 Å². The first-order chi connectivity index (χ1) is 13.2. The zero-order valence-corrected chi connectivity index (χ0v) is 17.2. The molecule has 0 unspecified atom stereocenters. The molecule has 1 aliphatic heterocycles. The van der Waals surface area contributed by atoms with Gasteiger partial charge in [0, 0.05) is 36.3 Å². The van der Waals surface area contributed by atoms with Crippen LogP contribution in [-0.4, -0.2) is 58.9 Å². The van der Waals surface area contributed by atoms with Crippen molar-refractivity contribution in [3.63, 3.8) is 0 Å². The molecule has 0 radical (unpaired) electrons. The summed E-state index contributed by atoms with van der Waals surface area (Å²) < 4.78 is 8.07. The minimum atomic E-state index is 0.684. The van der Waals surface area contributed by atoms with Crippen molar-refractivity contribution in [3.05, 3.63) is 46.0 Å². The van der Waals surface area contributed by atoms with E-state index < -0.39 is 0 Å². The number of anilines is 1. The molecule has 0 atom stereocenters. The van der Waals surface area contributed by atoms with Gasteiger partial charge in [0.1, 0.15) is 5.82 Å². The highest BCUT2D eigenvalue weighted by Gasteiger charge is 2.13. The van der Waals surface area contributed by atoms with E-state index >= 15 is 0 Å². The molecule has 2 aromatic heterocycles. The molecule has 0 bridgehead atoms. The maximum absolute atomic E-state index is 6.38. The van der Waals surface area contributed by atoms with Crippen LogP contribution in [0.25, 0.3) is 16.9 Å². The minimum absolute atomic E-state index is 0.684. The number of hydrogen-bond acceptors (Lipinski definition) is 5. The second-order valence-corrected chi connectivity index (χ2v) is 7.73. The highest BCUT2D eigenvalue weighted by atomic mass is 79.9. The Morgan fingerprint density at radius 3 is 2.85 bits per heavy atom. The van der Waals surface area contributed by atoms with Gasteiger partial charge < -0.3 is 10.1 Å². The van der Waals surface area contributed by atoms with Crippen molar-refractivity contribution < 1.29 is 4.74 Å². The average Bonchev–Trinajstić information content (AvgIpc) is 3.07. The van der Waals surface area contributed by atoms with E-state index in [4.69, 9.17) is 21.3 Å². The molecule has 142 valence electrons. The van der Waals surface area contributed by atoms with Crippen molar-refractivity contribution in [3.8, 4) is 11.3 Å². The van der Waals surface area contributed by atoms with Gasteiger partial charge in [0.15, 0.2) is 5.65 Å². The van der Waals surface area contributed by atoms with Crippen LogP contribution < -0.4 is 5.32 Å². The average molecular weight is 451 g/mol. The number of aromatic nitrogens is 3. The Morgan fingerprint density at radius 2 is 2.04 bits per heavy atom. The molecule has 0 aliphatic carbocycles. The molecule has 0 amide bonds. The van der Waals surface area contributed by atoms with Crippen LogP contribution in [0.5, 0.6) is 0 Å². The largest absolute Gasteiger partial charge is 0.379 e. The number of hydrogen-bond donors (Lipinski definition) is 1. The van der Waals surface area contributed by atoms with Gasteiger partial charge in [-0.25, -0.2) is 4.98 Å². The Kier molecular flexibility index (Phi) is 5.92. The van der Waals surface area contributed by atoms with Crippen molar-refractivity contribution in [1.29, 1.82) is 0 Å². The molecule has 3 heterocycles. The van der Waals surface area contributed by atoms with Crippen molar-refractivity contribution in [2.24, 2.45) is 0 Å². The molecule has 3 aromatic rings. The van der Waals surface area contributed by atoms with Gasteiger partial charge in [0.2, 0.25) is 0 Å². The van der Waals surface area contributed by atoms with Gasteiger partial charge in [-0.2, -0.15) is 9.61 Å². The lowest BCUT2D eigenvalue weighted by Gasteiger charge is -2.26. The van der Waals surface area contributed by atoms with E-state index in [1.165, 1.54) is 0 Å². The third kappa shape index (κ3) is 4.27. The van der Waals surface area contributed by atoms with Gasteiger partial charge in [-0.1, -0.05) is 29.8 Å². The van der Waals surface area contributed by atoms with E-state index in [0.29, 0.717) is 5.02 Å². The van der Waals surface area contributed by atoms with Crippen LogP contribution in [0.1, 0.15) is 6.42 Å². The first kappa shape index (κ1) is 18.7. The number of morpholine rings is 1. The SMILES string of the molecule is Clc1ccccc1-c1cc(NCCCN2CCOCC2)n2ncc(Br)c2n1. The van der Waals surface area contributed by atoms with Crippen LogP contribution in [0, 0.1) is 0 Å². The zero-order chi connectivity index (χ0) is 18.6. The van der Waals surface area contributed by atoms with Crippen LogP contribution in [-0.2, 0) is 4.74 Å². The van der Waals surface area contributed by atoms with E-state index in [2.05, 4.69) is 31.2 Å². The van der Waals surface area contributed by atoms with E-state index in [9.17, 15) is 0 Å². The monoisotopic (exact) mass is 449 g/mol. The second kappa shape index (κ2) is 8.56. The summed E-state index contributed by atoms with van der Waals surface area (Å²) in [5, 5.41) is 8.62. The summed E-state index contributed by atoms with van der Waals surface area (Å²) in [5.74, 6) is 0.905. The zero-order valence-electron chi connectivity index (χ0n) is 14.9. The minimum Gasteiger partial charge on any atom is -0.379 e. The molecule has 0 spiro atoms. The van der Waals surface area contributed by atoms with E-state index in [-0.39, 0.29) is 0 Å². The van der Waals surface area contributed by atoms with Crippen LogP contribution in [0.3, 0.4) is 0 Å². The van der Waals surface area contributed by atoms with Gasteiger partial charge in [0.25, 0.3) is 0 Å². The van der Waals surface area contributed by atoms with Gasteiger partial charge in [0.05, 0.1) is 29.6 Å². The topological polar surface area (TPSA) is 54.7 Å². The third-order valence-corrected chi connectivity index (χ3v) is 5.53. The Bertz CT molecular complexity index is 926. The molecule has 1 N–H and O–H groups in total. The Hall–Kier alpha value is -1.67. The quantitative estimate of drug-likeness (QED) is 0.576. The Morgan fingerprint density at radius 1 is 1.22 bits per heavy atom. The lowest BCUT2D eigenvalue weighted by molar-refractivity contribution is 0.0378. The van der Waals surface area contributed by atoms with E-state index in [0.717, 1.165) is 73.0 Å². The summed E-state index contributed by atoms with van der Waals surface area (Å²) in [7, 11) is 0. The standard InChI is InChI=1S/C19H21BrClN5O/c20-15-13-23-26-18(22-6-3-7-25-8-10-27-11-9-25)12-17(24-19(15)26)14-4-1-2-5-16(14)21/h1-2,4-5,12-13,22H,3,6-11H2. The van der Waals surface area contributed by atoms with Gasteiger partial charge in [-0.3, -0.25) is 4.90 Å². The fraction of sp³-hybridized carbons (Fsp3) is 0.368. The van der Waals surface area contributed by atoms with E-state index in [1.807, 2.05) is 34.8 Å². The maximum Gasteiger partial charge on any atom is 0.172 e. The molecule has 1 fully saturated rings. The van der Waals surface area contributed by atoms with Gasteiger partial charge in [-0.05, 0) is 35.0 Å². The predicted octanol–water partition coefficient (Wildman–Crippen LogP) is 3.95. The normalized spacial score (nSPS) is 15.3. The number of nitrogens with one attached hydrogen (secondary N) is 1. The molecule has 1 aliphatic rings. The van der Waals surface area contributed by atoms with Crippen LogP contribution in [0.2, 0.25) is 5.02 Å². The number of ether oxygens (including phenoxy) is 1.